The van der Waals surface area contributed by atoms with Gasteiger partial charge in [0.1, 0.15) is 0 Å². The molecule has 1 unspecified atom stereocenters. The van der Waals surface area contributed by atoms with Gasteiger partial charge < -0.3 is 5.32 Å². The molecule has 1 saturated carbocycles. The Bertz CT molecular complexity index is 763. The molecule has 1 N–H and O–H groups in total. The minimum Gasteiger partial charge on any atom is -0.348 e. The van der Waals surface area contributed by atoms with E-state index in [0.717, 1.165) is 30.7 Å². The first-order valence-electron chi connectivity index (χ1n) is 10.1. The molecule has 3 heterocycles. The third-order valence-corrected chi connectivity index (χ3v) is 6.03. The summed E-state index contributed by atoms with van der Waals surface area (Å²) in [6.07, 6.45) is 13.7. The van der Waals surface area contributed by atoms with Crippen molar-refractivity contribution in [3.63, 3.8) is 0 Å². The summed E-state index contributed by atoms with van der Waals surface area (Å²) >= 11 is 0. The van der Waals surface area contributed by atoms with Crippen molar-refractivity contribution in [1.29, 1.82) is 0 Å². The second kappa shape index (κ2) is 7.74. The Morgan fingerprint density at radius 2 is 1.96 bits per heavy atom. The Labute approximate surface area is 155 Å². The van der Waals surface area contributed by atoms with Gasteiger partial charge in [0.15, 0.2) is 5.65 Å². The topological polar surface area (TPSA) is 62.5 Å². The summed E-state index contributed by atoms with van der Waals surface area (Å²) in [6, 6.07) is 2.79. The number of aryl methyl sites for hydroxylation is 1. The van der Waals surface area contributed by atoms with E-state index in [1.165, 1.54) is 45.1 Å². The van der Waals surface area contributed by atoms with Crippen LogP contribution in [0.25, 0.3) is 5.65 Å². The molecule has 1 atom stereocenters. The molecule has 0 aromatic carbocycles. The lowest BCUT2D eigenvalue weighted by atomic mass is 9.99. The minimum atomic E-state index is -0.0277. The quantitative estimate of drug-likeness (QED) is 0.860. The van der Waals surface area contributed by atoms with Crippen LogP contribution in [0.1, 0.15) is 67.4 Å². The summed E-state index contributed by atoms with van der Waals surface area (Å²) in [7, 11) is 0. The fraction of sp³-hybridized carbons (Fsp3) is 0.650. The molecule has 0 spiro atoms. The van der Waals surface area contributed by atoms with Crippen molar-refractivity contribution in [1.82, 2.24) is 24.8 Å². The van der Waals surface area contributed by atoms with Gasteiger partial charge in [-0.3, -0.25) is 9.69 Å². The first kappa shape index (κ1) is 17.5. The van der Waals surface area contributed by atoms with Crippen LogP contribution in [0, 0.1) is 6.92 Å². The van der Waals surface area contributed by atoms with Gasteiger partial charge in [-0.15, -0.1) is 0 Å². The molecule has 6 nitrogen and oxygen atoms in total. The number of hydrogen-bond donors (Lipinski definition) is 1. The molecule has 2 aromatic rings. The van der Waals surface area contributed by atoms with Gasteiger partial charge in [0.05, 0.1) is 17.5 Å². The average Bonchev–Trinajstić information content (AvgIpc) is 2.97. The lowest BCUT2D eigenvalue weighted by molar-refractivity contribution is 0.0859. The summed E-state index contributed by atoms with van der Waals surface area (Å²) in [6.45, 7) is 4.08. The van der Waals surface area contributed by atoms with Gasteiger partial charge in [-0.25, -0.2) is 9.50 Å². The highest BCUT2D eigenvalue weighted by atomic mass is 16.1. The molecule has 0 radical (unpaired) electrons. The van der Waals surface area contributed by atoms with E-state index in [1.807, 2.05) is 13.0 Å². The Morgan fingerprint density at radius 3 is 2.77 bits per heavy atom. The number of piperidine rings is 1. The first-order valence-corrected chi connectivity index (χ1v) is 10.1. The number of carbonyl (C=O) groups is 1. The van der Waals surface area contributed by atoms with Crippen molar-refractivity contribution in [3.8, 4) is 0 Å². The SMILES string of the molecule is Cc1c(C(=O)NC2CCCN(C3CCCCCC3)C2)cnc2ccnn12. The third kappa shape index (κ3) is 3.61. The van der Waals surface area contributed by atoms with Crippen LogP contribution in [0.2, 0.25) is 0 Å². The van der Waals surface area contributed by atoms with Gasteiger partial charge in [0.25, 0.3) is 5.91 Å². The van der Waals surface area contributed by atoms with Crippen molar-refractivity contribution < 1.29 is 4.79 Å². The van der Waals surface area contributed by atoms with Gasteiger partial charge in [-0.2, -0.15) is 5.10 Å². The zero-order valence-electron chi connectivity index (χ0n) is 15.7. The Morgan fingerprint density at radius 1 is 1.15 bits per heavy atom. The van der Waals surface area contributed by atoms with E-state index >= 15 is 0 Å². The van der Waals surface area contributed by atoms with Crippen LogP contribution in [0.4, 0.5) is 0 Å². The molecule has 4 rings (SSSR count). The van der Waals surface area contributed by atoms with E-state index < -0.39 is 0 Å². The highest BCUT2D eigenvalue weighted by Gasteiger charge is 2.27. The number of carbonyl (C=O) groups excluding carboxylic acids is 1. The molecule has 1 amide bonds. The lowest BCUT2D eigenvalue weighted by Crippen LogP contribution is -2.51. The summed E-state index contributed by atoms with van der Waals surface area (Å²) in [5, 5.41) is 7.51. The van der Waals surface area contributed by atoms with Gasteiger partial charge in [-0.1, -0.05) is 25.7 Å². The highest BCUT2D eigenvalue weighted by molar-refractivity contribution is 5.95. The molecule has 26 heavy (non-hydrogen) atoms. The second-order valence-electron chi connectivity index (χ2n) is 7.81. The van der Waals surface area contributed by atoms with Gasteiger partial charge in [-0.05, 0) is 39.2 Å². The normalized spacial score (nSPS) is 23.0. The van der Waals surface area contributed by atoms with Crippen molar-refractivity contribution in [3.05, 3.63) is 29.7 Å². The molecule has 0 bridgehead atoms. The van der Waals surface area contributed by atoms with Crippen molar-refractivity contribution >= 4 is 11.6 Å². The van der Waals surface area contributed by atoms with Crippen molar-refractivity contribution in [2.24, 2.45) is 0 Å². The summed E-state index contributed by atoms with van der Waals surface area (Å²) in [5.74, 6) is -0.0277. The van der Waals surface area contributed by atoms with E-state index in [4.69, 9.17) is 0 Å². The fourth-order valence-electron chi connectivity index (χ4n) is 4.56. The van der Waals surface area contributed by atoms with Crippen molar-refractivity contribution in [2.45, 2.75) is 70.4 Å². The zero-order valence-corrected chi connectivity index (χ0v) is 15.7. The molecule has 1 saturated heterocycles. The van der Waals surface area contributed by atoms with E-state index in [9.17, 15) is 4.79 Å². The monoisotopic (exact) mass is 355 g/mol. The summed E-state index contributed by atoms with van der Waals surface area (Å²) in [4.78, 5) is 19.8. The average molecular weight is 355 g/mol. The second-order valence-corrected chi connectivity index (χ2v) is 7.81. The lowest BCUT2D eigenvalue weighted by Gasteiger charge is -2.38. The molecular weight excluding hydrogens is 326 g/mol. The number of nitrogens with one attached hydrogen (secondary N) is 1. The van der Waals surface area contributed by atoms with Crippen LogP contribution in [0.5, 0.6) is 0 Å². The van der Waals surface area contributed by atoms with E-state index in [-0.39, 0.29) is 11.9 Å². The highest BCUT2D eigenvalue weighted by Crippen LogP contribution is 2.25. The third-order valence-electron chi connectivity index (χ3n) is 6.03. The minimum absolute atomic E-state index is 0.0277. The van der Waals surface area contributed by atoms with Crippen LogP contribution < -0.4 is 5.32 Å². The van der Waals surface area contributed by atoms with Crippen LogP contribution in [-0.4, -0.2) is 50.6 Å². The largest absolute Gasteiger partial charge is 0.348 e. The Balaban J connectivity index is 1.42. The van der Waals surface area contributed by atoms with Crippen LogP contribution in [0.3, 0.4) is 0 Å². The van der Waals surface area contributed by atoms with Gasteiger partial charge >= 0.3 is 0 Å². The first-order chi connectivity index (χ1) is 12.7. The zero-order chi connectivity index (χ0) is 17.9. The number of rotatable bonds is 3. The van der Waals surface area contributed by atoms with Gasteiger partial charge in [0, 0.05) is 30.9 Å². The maximum Gasteiger partial charge on any atom is 0.254 e. The molecule has 140 valence electrons. The predicted octanol–water partition coefficient (Wildman–Crippen LogP) is 2.95. The van der Waals surface area contributed by atoms with E-state index in [2.05, 4.69) is 20.3 Å². The Hall–Kier alpha value is -1.95. The molecule has 6 heteroatoms. The van der Waals surface area contributed by atoms with E-state index in [0.29, 0.717) is 11.6 Å². The number of aromatic nitrogens is 3. The van der Waals surface area contributed by atoms with Crippen molar-refractivity contribution in [2.75, 3.05) is 13.1 Å². The van der Waals surface area contributed by atoms with Crippen LogP contribution in [0.15, 0.2) is 18.5 Å². The smallest absolute Gasteiger partial charge is 0.254 e. The maximum atomic E-state index is 12.8. The number of fused-ring (bicyclic) bond motifs is 1. The van der Waals surface area contributed by atoms with E-state index in [1.54, 1.807) is 16.9 Å². The summed E-state index contributed by atoms with van der Waals surface area (Å²) < 4.78 is 1.73. The molecule has 2 fully saturated rings. The molecular formula is C20H29N5O. The molecule has 1 aliphatic heterocycles. The van der Waals surface area contributed by atoms with Gasteiger partial charge in [0.2, 0.25) is 0 Å². The Kier molecular flexibility index (Phi) is 5.20. The number of likely N-dealkylation sites (tertiary alicyclic amines) is 1. The number of hydrogen-bond acceptors (Lipinski definition) is 4. The van der Waals surface area contributed by atoms with Crippen LogP contribution in [-0.2, 0) is 0 Å². The van der Waals surface area contributed by atoms with Crippen LogP contribution >= 0.6 is 0 Å². The standard InChI is InChI=1S/C20H29N5O/c1-15-18(13-21-19-10-11-22-25(15)19)20(26)23-16-7-6-12-24(14-16)17-8-4-2-3-5-9-17/h10-11,13,16-17H,2-9,12,14H2,1H3,(H,23,26). The number of nitrogens with zero attached hydrogens (tertiary/aromatic N) is 4. The number of amides is 1. The molecule has 2 aliphatic rings. The predicted molar refractivity (Wildman–Crippen MR) is 101 cm³/mol. The molecule has 2 aromatic heterocycles. The maximum absolute atomic E-state index is 12.8. The fourth-order valence-corrected chi connectivity index (χ4v) is 4.56. The molecule has 1 aliphatic carbocycles. The summed E-state index contributed by atoms with van der Waals surface area (Å²) in [5.41, 5.74) is 2.23.